The van der Waals surface area contributed by atoms with E-state index in [1.807, 2.05) is 37.3 Å². The average molecular weight is 477 g/mol. The Morgan fingerprint density at radius 3 is 2.62 bits per heavy atom. The van der Waals surface area contributed by atoms with E-state index in [2.05, 4.69) is 10.4 Å². The number of methoxy groups -OCH3 is 1. The number of carbonyl (C=O) groups is 1. The molecule has 1 N–H and O–H groups in total. The molecule has 0 spiro atoms. The van der Waals surface area contributed by atoms with Crippen molar-refractivity contribution >= 4 is 32.5 Å². The second kappa shape index (κ2) is 8.57. The summed E-state index contributed by atoms with van der Waals surface area (Å²) in [6, 6.07) is 18.2. The summed E-state index contributed by atoms with van der Waals surface area (Å²) in [7, 11) is -1.55. The quantitative estimate of drug-likeness (QED) is 0.467. The number of amides is 1. The molecule has 1 atom stereocenters. The molecule has 4 aromatic rings. The SMILES string of the molecule is COc1cccc(NC(=O)c2cc(-c3ccccc3)nc3c2c(C)nn3[C@@H]2CCS(=O)(=O)C2)c1. The van der Waals surface area contributed by atoms with E-state index in [0.717, 1.165) is 5.56 Å². The van der Waals surface area contributed by atoms with Gasteiger partial charge in [0.15, 0.2) is 15.5 Å². The number of aromatic nitrogens is 3. The Kier molecular flexibility index (Phi) is 5.57. The number of aryl methyl sites for hydroxylation is 1. The number of hydrogen-bond acceptors (Lipinski definition) is 6. The Morgan fingerprint density at radius 1 is 1.12 bits per heavy atom. The van der Waals surface area contributed by atoms with Gasteiger partial charge in [-0.15, -0.1) is 0 Å². The van der Waals surface area contributed by atoms with Gasteiger partial charge in [0.25, 0.3) is 5.91 Å². The van der Waals surface area contributed by atoms with Crippen LogP contribution in [-0.4, -0.2) is 47.7 Å². The van der Waals surface area contributed by atoms with Crippen LogP contribution in [0.15, 0.2) is 60.7 Å². The van der Waals surface area contributed by atoms with Gasteiger partial charge in [-0.25, -0.2) is 18.1 Å². The number of nitrogens with one attached hydrogen (secondary N) is 1. The number of fused-ring (bicyclic) bond motifs is 1. The molecular formula is C25H24N4O4S. The molecule has 5 rings (SSSR count). The van der Waals surface area contributed by atoms with Crippen molar-refractivity contribution in [3.05, 3.63) is 71.9 Å². The fraction of sp³-hybridized carbons (Fsp3) is 0.240. The van der Waals surface area contributed by atoms with Crippen LogP contribution in [0.5, 0.6) is 5.75 Å². The Hall–Kier alpha value is -3.72. The van der Waals surface area contributed by atoms with E-state index < -0.39 is 9.84 Å². The first-order valence-corrected chi connectivity index (χ1v) is 12.8. The molecule has 2 aromatic carbocycles. The van der Waals surface area contributed by atoms with Crippen LogP contribution < -0.4 is 10.1 Å². The largest absolute Gasteiger partial charge is 0.497 e. The summed E-state index contributed by atoms with van der Waals surface area (Å²) in [5.41, 5.74) is 3.63. The third kappa shape index (κ3) is 4.14. The van der Waals surface area contributed by atoms with Gasteiger partial charge >= 0.3 is 0 Å². The molecule has 3 heterocycles. The molecule has 1 fully saturated rings. The fourth-order valence-corrected chi connectivity index (χ4v) is 6.06. The minimum Gasteiger partial charge on any atom is -0.497 e. The second-order valence-electron chi connectivity index (χ2n) is 8.39. The Balaban J connectivity index is 1.66. The Morgan fingerprint density at radius 2 is 1.91 bits per heavy atom. The second-order valence-corrected chi connectivity index (χ2v) is 10.6. The molecule has 0 aliphatic carbocycles. The number of rotatable bonds is 5. The maximum atomic E-state index is 13.5. The van der Waals surface area contributed by atoms with Gasteiger partial charge in [-0.2, -0.15) is 5.10 Å². The van der Waals surface area contributed by atoms with Crippen molar-refractivity contribution in [3.63, 3.8) is 0 Å². The van der Waals surface area contributed by atoms with Crippen molar-refractivity contribution in [2.45, 2.75) is 19.4 Å². The van der Waals surface area contributed by atoms with E-state index in [0.29, 0.717) is 45.8 Å². The lowest BCUT2D eigenvalue weighted by Gasteiger charge is -2.13. The van der Waals surface area contributed by atoms with E-state index >= 15 is 0 Å². The van der Waals surface area contributed by atoms with Gasteiger partial charge in [0.05, 0.1) is 47.0 Å². The molecule has 0 radical (unpaired) electrons. The Labute approximate surface area is 197 Å². The maximum absolute atomic E-state index is 13.5. The van der Waals surface area contributed by atoms with Crippen LogP contribution >= 0.6 is 0 Å². The Bertz CT molecular complexity index is 1500. The molecule has 1 amide bonds. The monoisotopic (exact) mass is 476 g/mol. The van der Waals surface area contributed by atoms with Gasteiger partial charge in [0.1, 0.15) is 5.75 Å². The van der Waals surface area contributed by atoms with Crippen molar-refractivity contribution < 1.29 is 17.9 Å². The lowest BCUT2D eigenvalue weighted by Crippen LogP contribution is -2.15. The van der Waals surface area contributed by atoms with Crippen molar-refractivity contribution in [1.29, 1.82) is 0 Å². The molecule has 174 valence electrons. The first-order chi connectivity index (χ1) is 16.3. The number of anilines is 1. The van der Waals surface area contributed by atoms with Crippen molar-refractivity contribution in [1.82, 2.24) is 14.8 Å². The normalized spacial score (nSPS) is 17.1. The molecule has 0 bridgehead atoms. The van der Waals surface area contributed by atoms with Crippen LogP contribution in [0.2, 0.25) is 0 Å². The standard InChI is InChI=1S/C25H24N4O4S/c1-16-23-21(25(30)26-18-9-6-10-20(13-18)33-2)14-22(17-7-4-3-5-8-17)27-24(23)29(28-16)19-11-12-34(31,32)15-19/h3-10,13-14,19H,11-12,15H2,1-2H3,(H,26,30)/t19-/m1/s1. The highest BCUT2D eigenvalue weighted by Gasteiger charge is 2.32. The number of nitrogens with zero attached hydrogens (tertiary/aromatic N) is 3. The van der Waals surface area contributed by atoms with Crippen LogP contribution in [0.4, 0.5) is 5.69 Å². The van der Waals surface area contributed by atoms with Gasteiger partial charge in [-0.1, -0.05) is 36.4 Å². The first kappa shape index (κ1) is 22.1. The number of carbonyl (C=O) groups excluding carboxylic acids is 1. The van der Waals surface area contributed by atoms with Gasteiger partial charge in [-0.3, -0.25) is 4.79 Å². The minimum absolute atomic E-state index is 0.0196. The summed E-state index contributed by atoms with van der Waals surface area (Å²) in [6.07, 6.45) is 0.473. The van der Waals surface area contributed by atoms with Gasteiger partial charge < -0.3 is 10.1 Å². The molecule has 2 aromatic heterocycles. The zero-order valence-electron chi connectivity index (χ0n) is 18.9. The molecule has 9 heteroatoms. The topological polar surface area (TPSA) is 103 Å². The third-order valence-electron chi connectivity index (χ3n) is 6.03. The maximum Gasteiger partial charge on any atom is 0.256 e. The van der Waals surface area contributed by atoms with Crippen LogP contribution in [0.3, 0.4) is 0 Å². The van der Waals surface area contributed by atoms with Crippen molar-refractivity contribution in [3.8, 4) is 17.0 Å². The summed E-state index contributed by atoms with van der Waals surface area (Å²) in [5.74, 6) is 0.472. The molecule has 0 saturated carbocycles. The number of sulfone groups is 1. The van der Waals surface area contributed by atoms with Crippen LogP contribution in [0.1, 0.15) is 28.5 Å². The zero-order valence-corrected chi connectivity index (χ0v) is 19.7. The molecule has 8 nitrogen and oxygen atoms in total. The molecule has 34 heavy (non-hydrogen) atoms. The van der Waals surface area contributed by atoms with Crippen LogP contribution in [0, 0.1) is 6.92 Å². The first-order valence-electron chi connectivity index (χ1n) is 11.0. The van der Waals surface area contributed by atoms with E-state index in [1.54, 1.807) is 42.1 Å². The number of benzene rings is 2. The summed E-state index contributed by atoms with van der Waals surface area (Å²) in [5, 5.41) is 8.20. The van der Waals surface area contributed by atoms with E-state index in [4.69, 9.17) is 9.72 Å². The highest BCUT2D eigenvalue weighted by Crippen LogP contribution is 2.32. The van der Waals surface area contributed by atoms with Crippen LogP contribution in [0.25, 0.3) is 22.3 Å². The summed E-state index contributed by atoms with van der Waals surface area (Å²) >= 11 is 0. The summed E-state index contributed by atoms with van der Waals surface area (Å²) in [4.78, 5) is 18.3. The van der Waals surface area contributed by atoms with Crippen molar-refractivity contribution in [2.75, 3.05) is 23.9 Å². The minimum atomic E-state index is -3.12. The predicted molar refractivity (Wildman–Crippen MR) is 131 cm³/mol. The molecule has 0 unspecified atom stereocenters. The summed E-state index contributed by atoms with van der Waals surface area (Å²) in [6.45, 7) is 1.81. The molecule has 1 aliphatic heterocycles. The third-order valence-corrected chi connectivity index (χ3v) is 7.78. The van der Waals surface area contributed by atoms with E-state index in [9.17, 15) is 13.2 Å². The highest BCUT2D eigenvalue weighted by molar-refractivity contribution is 7.91. The predicted octanol–water partition coefficient (Wildman–Crippen LogP) is 4.03. The fourth-order valence-electron chi connectivity index (χ4n) is 4.37. The zero-order chi connectivity index (χ0) is 23.9. The lowest BCUT2D eigenvalue weighted by molar-refractivity contribution is 0.102. The highest BCUT2D eigenvalue weighted by atomic mass is 32.2. The van der Waals surface area contributed by atoms with Crippen molar-refractivity contribution in [2.24, 2.45) is 0 Å². The molecular weight excluding hydrogens is 452 g/mol. The lowest BCUT2D eigenvalue weighted by atomic mass is 10.0. The van der Waals surface area contributed by atoms with E-state index in [1.165, 1.54) is 0 Å². The van der Waals surface area contributed by atoms with Gasteiger partial charge in [-0.05, 0) is 31.5 Å². The summed E-state index contributed by atoms with van der Waals surface area (Å²) < 4.78 is 31.2. The average Bonchev–Trinajstić information content (AvgIpc) is 3.37. The van der Waals surface area contributed by atoms with Gasteiger partial charge in [0, 0.05) is 17.3 Å². The smallest absolute Gasteiger partial charge is 0.256 e. The van der Waals surface area contributed by atoms with E-state index in [-0.39, 0.29) is 23.5 Å². The number of pyridine rings is 1. The molecule has 1 saturated heterocycles. The van der Waals surface area contributed by atoms with Gasteiger partial charge in [0.2, 0.25) is 0 Å². The van der Waals surface area contributed by atoms with Crippen LogP contribution in [-0.2, 0) is 9.84 Å². The number of ether oxygens (including phenoxy) is 1. The molecule has 1 aliphatic rings. The number of hydrogen-bond donors (Lipinski definition) is 1.